The normalized spacial score (nSPS) is 10.0. The van der Waals surface area contributed by atoms with Gasteiger partial charge in [0.05, 0.1) is 18.5 Å². The summed E-state index contributed by atoms with van der Waals surface area (Å²) >= 11 is 5.03. The molecule has 6 nitrogen and oxygen atoms in total. The number of aryl methyl sites for hydroxylation is 2. The van der Waals surface area contributed by atoms with E-state index in [1.165, 1.54) is 11.1 Å². The van der Waals surface area contributed by atoms with Gasteiger partial charge < -0.3 is 15.2 Å². The number of hydrogen-bond donors (Lipinski definition) is 4. The smallest absolute Gasteiger partial charge is 0.347 e. The number of hydrogen-bond acceptors (Lipinski definition) is 7. The number of benzene rings is 2. The molecule has 0 fully saturated rings. The number of carboxylic acid groups (broad SMARTS) is 1. The third-order valence-corrected chi connectivity index (χ3v) is 5.09. The Hall–Kier alpha value is -2.55. The molecule has 0 saturated heterocycles. The van der Waals surface area contributed by atoms with Gasteiger partial charge in [-0.15, -0.1) is 0 Å². The van der Waals surface area contributed by atoms with Crippen LogP contribution >= 0.6 is 24.2 Å². The summed E-state index contributed by atoms with van der Waals surface area (Å²) in [5.74, 6) is -0.277. The minimum Gasteiger partial charge on any atom is -0.495 e. The van der Waals surface area contributed by atoms with E-state index in [-0.39, 0.29) is 4.88 Å². The molecule has 2 aromatic carbocycles. The number of ether oxygens (including phenoxy) is 1. The van der Waals surface area contributed by atoms with Crippen molar-refractivity contribution in [2.24, 2.45) is 0 Å². The maximum absolute atomic E-state index is 10.9. The third-order valence-electron chi connectivity index (χ3n) is 3.87. The highest BCUT2D eigenvalue weighted by atomic mass is 32.1. The van der Waals surface area contributed by atoms with Gasteiger partial charge in [0.25, 0.3) is 0 Å². The summed E-state index contributed by atoms with van der Waals surface area (Å²) in [4.78, 5) is 15.3. The molecule has 0 spiro atoms. The van der Waals surface area contributed by atoms with E-state index in [4.69, 9.17) is 9.84 Å². The van der Waals surface area contributed by atoms with Crippen molar-refractivity contribution >= 4 is 40.9 Å². The van der Waals surface area contributed by atoms with E-state index in [1.54, 1.807) is 14.0 Å². The minimum atomic E-state index is -0.960. The number of rotatable bonds is 6. The SMILES string of the molecule is COc1ccccc1Nc1nc(C)c(C(=O)O)s1.Cc1ccccc1CNS. The van der Waals surface area contributed by atoms with Gasteiger partial charge in [0.1, 0.15) is 10.6 Å². The lowest BCUT2D eigenvalue weighted by molar-refractivity contribution is 0.0701. The Morgan fingerprint density at radius 3 is 2.46 bits per heavy atom. The van der Waals surface area contributed by atoms with Crippen LogP contribution in [0, 0.1) is 13.8 Å². The van der Waals surface area contributed by atoms with Crippen molar-refractivity contribution in [2.75, 3.05) is 12.4 Å². The second-order valence-electron chi connectivity index (χ2n) is 5.83. The highest BCUT2D eigenvalue weighted by Gasteiger charge is 2.14. The second kappa shape index (κ2) is 10.7. The van der Waals surface area contributed by atoms with Crippen LogP contribution in [0.1, 0.15) is 26.5 Å². The molecule has 28 heavy (non-hydrogen) atoms. The molecule has 0 bridgehead atoms. The number of para-hydroxylation sites is 2. The minimum absolute atomic E-state index is 0.243. The van der Waals surface area contributed by atoms with Gasteiger partial charge in [-0.3, -0.25) is 4.72 Å². The number of aromatic carboxylic acids is 1. The molecule has 0 aliphatic rings. The molecule has 0 aliphatic heterocycles. The van der Waals surface area contributed by atoms with E-state index >= 15 is 0 Å². The van der Waals surface area contributed by atoms with E-state index in [1.807, 2.05) is 36.4 Å². The lowest BCUT2D eigenvalue weighted by Crippen LogP contribution is -1.99. The fraction of sp³-hybridized carbons (Fsp3) is 0.200. The van der Waals surface area contributed by atoms with Crippen molar-refractivity contribution in [1.82, 2.24) is 9.71 Å². The predicted octanol–water partition coefficient (Wildman–Crippen LogP) is 4.83. The first kappa shape index (κ1) is 21.7. The van der Waals surface area contributed by atoms with Crippen LogP contribution in [0.25, 0.3) is 0 Å². The van der Waals surface area contributed by atoms with Crippen LogP contribution in [0.5, 0.6) is 5.75 Å². The molecule has 0 saturated carbocycles. The summed E-state index contributed by atoms with van der Waals surface area (Å²) < 4.78 is 8.02. The molecule has 0 amide bonds. The summed E-state index contributed by atoms with van der Waals surface area (Å²) in [5.41, 5.74) is 3.87. The van der Waals surface area contributed by atoms with E-state index in [9.17, 15) is 4.79 Å². The summed E-state index contributed by atoms with van der Waals surface area (Å²) in [5, 5.41) is 12.6. The largest absolute Gasteiger partial charge is 0.495 e. The Balaban J connectivity index is 0.000000237. The highest BCUT2D eigenvalue weighted by molar-refractivity contribution is 7.78. The number of carboxylic acids is 1. The average molecular weight is 418 g/mol. The van der Waals surface area contributed by atoms with Crippen LogP contribution in [0.3, 0.4) is 0 Å². The second-order valence-corrected chi connectivity index (χ2v) is 7.14. The number of aromatic nitrogens is 1. The van der Waals surface area contributed by atoms with E-state index < -0.39 is 5.97 Å². The summed E-state index contributed by atoms with van der Waals surface area (Å²) in [7, 11) is 1.58. The van der Waals surface area contributed by atoms with Crippen LogP contribution < -0.4 is 14.8 Å². The number of thiol groups is 1. The van der Waals surface area contributed by atoms with Crippen LogP contribution in [0.2, 0.25) is 0 Å². The number of thiazole rings is 1. The predicted molar refractivity (Wildman–Crippen MR) is 117 cm³/mol. The van der Waals surface area contributed by atoms with Gasteiger partial charge in [0, 0.05) is 6.54 Å². The maximum Gasteiger partial charge on any atom is 0.347 e. The van der Waals surface area contributed by atoms with Gasteiger partial charge in [-0.2, -0.15) is 0 Å². The van der Waals surface area contributed by atoms with Crippen LogP contribution in [0.4, 0.5) is 10.8 Å². The lowest BCUT2D eigenvalue weighted by atomic mass is 10.1. The van der Waals surface area contributed by atoms with E-state index in [0.717, 1.165) is 23.6 Å². The van der Waals surface area contributed by atoms with Gasteiger partial charge >= 0.3 is 5.97 Å². The first-order valence-electron chi connectivity index (χ1n) is 8.48. The molecular formula is C20H23N3O3S2. The first-order chi connectivity index (χ1) is 13.5. The Labute approximate surface area is 174 Å². The molecule has 3 aromatic rings. The van der Waals surface area contributed by atoms with Crippen LogP contribution in [-0.2, 0) is 6.54 Å². The van der Waals surface area contributed by atoms with Gasteiger partial charge in [0.15, 0.2) is 5.13 Å². The molecule has 3 rings (SSSR count). The van der Waals surface area contributed by atoms with Crippen LogP contribution in [-0.4, -0.2) is 23.2 Å². The zero-order chi connectivity index (χ0) is 20.5. The van der Waals surface area contributed by atoms with Crippen molar-refractivity contribution in [3.63, 3.8) is 0 Å². The molecular weight excluding hydrogens is 394 g/mol. The Bertz CT molecular complexity index is 929. The van der Waals surface area contributed by atoms with Gasteiger partial charge in [0.2, 0.25) is 0 Å². The monoisotopic (exact) mass is 417 g/mol. The zero-order valence-electron chi connectivity index (χ0n) is 15.9. The number of anilines is 2. The van der Waals surface area contributed by atoms with Gasteiger partial charge in [-0.1, -0.05) is 60.5 Å². The number of carbonyl (C=O) groups is 1. The Kier molecular flexibility index (Phi) is 8.31. The lowest BCUT2D eigenvalue weighted by Gasteiger charge is -2.07. The van der Waals surface area contributed by atoms with E-state index in [0.29, 0.717) is 16.6 Å². The average Bonchev–Trinajstić information content (AvgIpc) is 3.05. The standard InChI is InChI=1S/C12H12N2O3S.C8H11NS/c1-7-10(11(15)16)18-12(13-7)14-8-5-3-4-6-9(8)17-2;1-7-4-2-3-5-8(7)6-9-10/h3-6H,1-2H3,(H,13,14)(H,15,16);2-5,9-10H,6H2,1H3. The molecule has 8 heteroatoms. The molecule has 3 N–H and O–H groups in total. The molecule has 1 heterocycles. The number of nitrogens with zero attached hydrogens (tertiary/aromatic N) is 1. The van der Waals surface area contributed by atoms with Crippen LogP contribution in [0.15, 0.2) is 48.5 Å². The molecule has 0 unspecified atom stereocenters. The zero-order valence-corrected chi connectivity index (χ0v) is 17.6. The van der Waals surface area contributed by atoms with Crippen molar-refractivity contribution in [3.05, 3.63) is 70.2 Å². The molecule has 0 atom stereocenters. The van der Waals surface area contributed by atoms with Crippen molar-refractivity contribution in [1.29, 1.82) is 0 Å². The summed E-state index contributed by atoms with van der Waals surface area (Å²) in [6.45, 7) is 4.60. The summed E-state index contributed by atoms with van der Waals surface area (Å²) in [6, 6.07) is 15.7. The first-order valence-corrected chi connectivity index (χ1v) is 9.74. The molecule has 1 aromatic heterocycles. The quantitative estimate of drug-likeness (QED) is 0.430. The maximum atomic E-state index is 10.9. The Morgan fingerprint density at radius 2 is 1.86 bits per heavy atom. The van der Waals surface area contributed by atoms with Crippen molar-refractivity contribution in [3.8, 4) is 5.75 Å². The van der Waals surface area contributed by atoms with Crippen molar-refractivity contribution in [2.45, 2.75) is 20.4 Å². The fourth-order valence-corrected chi connectivity index (χ4v) is 3.39. The topological polar surface area (TPSA) is 83.5 Å². The van der Waals surface area contributed by atoms with Crippen molar-refractivity contribution < 1.29 is 14.6 Å². The summed E-state index contributed by atoms with van der Waals surface area (Å²) in [6.07, 6.45) is 0. The number of methoxy groups -OCH3 is 1. The Morgan fingerprint density at radius 1 is 1.18 bits per heavy atom. The van der Waals surface area contributed by atoms with Gasteiger partial charge in [-0.25, -0.2) is 9.78 Å². The molecule has 0 radical (unpaired) electrons. The third kappa shape index (κ3) is 5.98. The number of nitrogens with one attached hydrogen (secondary N) is 2. The van der Waals surface area contributed by atoms with E-state index in [2.05, 4.69) is 46.9 Å². The van der Waals surface area contributed by atoms with Gasteiger partial charge in [-0.05, 0) is 37.1 Å². The fourth-order valence-electron chi connectivity index (χ4n) is 2.41. The highest BCUT2D eigenvalue weighted by Crippen LogP contribution is 2.30. The molecule has 0 aliphatic carbocycles. The molecule has 148 valence electrons.